The highest BCUT2D eigenvalue weighted by atomic mass is 35.5. The van der Waals surface area contributed by atoms with Crippen LogP contribution in [0.3, 0.4) is 0 Å². The van der Waals surface area contributed by atoms with Crippen LogP contribution in [0.1, 0.15) is 16.7 Å². The zero-order valence-electron chi connectivity index (χ0n) is 16.7. The van der Waals surface area contributed by atoms with Crippen molar-refractivity contribution in [2.75, 3.05) is 19.7 Å². The first-order chi connectivity index (χ1) is 14.6. The molecule has 1 saturated heterocycles. The van der Waals surface area contributed by atoms with E-state index in [1.807, 2.05) is 48.5 Å². The lowest BCUT2D eigenvalue weighted by Gasteiger charge is -2.42. The number of hydrogen-bond donors (Lipinski definition) is 1. The topological polar surface area (TPSA) is 32.7 Å². The highest BCUT2D eigenvalue weighted by Gasteiger charge is 2.43. The highest BCUT2D eigenvalue weighted by molar-refractivity contribution is 6.31. The molecule has 0 bridgehead atoms. The third kappa shape index (κ3) is 4.57. The van der Waals surface area contributed by atoms with E-state index in [0.29, 0.717) is 29.3 Å². The van der Waals surface area contributed by atoms with E-state index in [4.69, 9.17) is 16.3 Å². The summed E-state index contributed by atoms with van der Waals surface area (Å²) in [5, 5.41) is 12.2. The molecule has 0 radical (unpaired) electrons. The predicted octanol–water partition coefficient (Wildman–Crippen LogP) is 4.81. The van der Waals surface area contributed by atoms with Gasteiger partial charge >= 0.3 is 0 Å². The molecule has 3 nitrogen and oxygen atoms in total. The number of halogens is 2. The molecule has 5 heteroatoms. The minimum absolute atomic E-state index is 0.0341. The third-order valence-corrected chi connectivity index (χ3v) is 6.07. The Labute approximate surface area is 181 Å². The molecule has 0 spiro atoms. The fraction of sp³-hybridized carbons (Fsp3) is 0.280. The highest BCUT2D eigenvalue weighted by Crippen LogP contribution is 2.36. The molecule has 30 heavy (non-hydrogen) atoms. The minimum atomic E-state index is -1.41. The van der Waals surface area contributed by atoms with Crippen molar-refractivity contribution in [3.63, 3.8) is 0 Å². The van der Waals surface area contributed by atoms with Crippen molar-refractivity contribution in [3.05, 3.63) is 106 Å². The second-order valence-electron chi connectivity index (χ2n) is 7.75. The Balaban J connectivity index is 1.64. The summed E-state index contributed by atoms with van der Waals surface area (Å²) in [7, 11) is 0. The van der Waals surface area contributed by atoms with Crippen LogP contribution in [0.4, 0.5) is 4.39 Å². The van der Waals surface area contributed by atoms with E-state index < -0.39 is 17.5 Å². The molecule has 2 atom stereocenters. The van der Waals surface area contributed by atoms with Crippen LogP contribution in [0.15, 0.2) is 78.9 Å². The molecule has 1 aliphatic heterocycles. The van der Waals surface area contributed by atoms with Gasteiger partial charge in [-0.1, -0.05) is 78.3 Å². The zero-order chi connectivity index (χ0) is 21.0. The zero-order valence-corrected chi connectivity index (χ0v) is 17.4. The summed E-state index contributed by atoms with van der Waals surface area (Å²) in [6.45, 7) is 2.58. The lowest BCUT2D eigenvalue weighted by atomic mass is 9.81. The van der Waals surface area contributed by atoms with E-state index in [2.05, 4.69) is 17.0 Å². The van der Waals surface area contributed by atoms with Gasteiger partial charge in [0, 0.05) is 36.6 Å². The van der Waals surface area contributed by atoms with Gasteiger partial charge in [-0.25, -0.2) is 4.39 Å². The maximum Gasteiger partial charge on any atom is 0.128 e. The second kappa shape index (κ2) is 9.27. The van der Waals surface area contributed by atoms with Crippen LogP contribution in [-0.4, -0.2) is 35.8 Å². The van der Waals surface area contributed by atoms with E-state index in [0.717, 1.165) is 13.1 Å². The van der Waals surface area contributed by atoms with Crippen LogP contribution in [0.25, 0.3) is 0 Å². The van der Waals surface area contributed by atoms with Crippen molar-refractivity contribution in [2.24, 2.45) is 0 Å². The third-order valence-electron chi connectivity index (χ3n) is 5.71. The average molecular weight is 426 g/mol. The lowest BCUT2D eigenvalue weighted by molar-refractivity contribution is -0.150. The van der Waals surface area contributed by atoms with Gasteiger partial charge < -0.3 is 9.84 Å². The van der Waals surface area contributed by atoms with Gasteiger partial charge in [0.2, 0.25) is 0 Å². The Bertz CT molecular complexity index is 949. The lowest BCUT2D eigenvalue weighted by Crippen LogP contribution is -2.53. The summed E-state index contributed by atoms with van der Waals surface area (Å²) in [6.07, 6.45) is -0.486. The number of aliphatic hydroxyl groups is 1. The maximum absolute atomic E-state index is 14.6. The van der Waals surface area contributed by atoms with Crippen molar-refractivity contribution in [1.82, 2.24) is 4.90 Å². The molecular weight excluding hydrogens is 401 g/mol. The number of morpholine rings is 1. The van der Waals surface area contributed by atoms with Crippen molar-refractivity contribution < 1.29 is 14.2 Å². The van der Waals surface area contributed by atoms with E-state index in [-0.39, 0.29) is 6.42 Å². The van der Waals surface area contributed by atoms with Gasteiger partial charge in [-0.3, -0.25) is 4.90 Å². The van der Waals surface area contributed by atoms with Crippen LogP contribution in [0.5, 0.6) is 0 Å². The van der Waals surface area contributed by atoms with E-state index in [9.17, 15) is 9.50 Å². The Morgan fingerprint density at radius 1 is 1.00 bits per heavy atom. The molecule has 3 aromatic carbocycles. The van der Waals surface area contributed by atoms with Crippen LogP contribution < -0.4 is 0 Å². The van der Waals surface area contributed by atoms with E-state index in [1.54, 1.807) is 12.1 Å². The summed E-state index contributed by atoms with van der Waals surface area (Å²) in [5.41, 5.74) is 0.784. The van der Waals surface area contributed by atoms with Crippen LogP contribution in [0, 0.1) is 5.82 Å². The van der Waals surface area contributed by atoms with Crippen molar-refractivity contribution in [1.29, 1.82) is 0 Å². The molecule has 0 aromatic heterocycles. The first-order valence-corrected chi connectivity index (χ1v) is 10.5. The SMILES string of the molecule is O[C@](Cc1c(F)cccc1Cl)(c1ccccc1)[C@H]1CN(Cc2ccccc2)CCO1. The molecule has 3 aromatic rings. The fourth-order valence-corrected chi connectivity index (χ4v) is 4.31. The molecule has 0 amide bonds. The molecule has 1 heterocycles. The molecule has 1 fully saturated rings. The number of nitrogens with zero attached hydrogens (tertiary/aromatic N) is 1. The molecule has 4 rings (SSSR count). The first kappa shape index (κ1) is 21.0. The Morgan fingerprint density at radius 2 is 1.70 bits per heavy atom. The Hall–Kier alpha value is -2.24. The number of hydrogen-bond acceptors (Lipinski definition) is 3. The Kier molecular flexibility index (Phi) is 6.49. The largest absolute Gasteiger partial charge is 0.382 e. The number of rotatable bonds is 6. The smallest absolute Gasteiger partial charge is 0.128 e. The number of ether oxygens (including phenoxy) is 1. The fourth-order valence-electron chi connectivity index (χ4n) is 4.08. The Morgan fingerprint density at radius 3 is 2.40 bits per heavy atom. The van der Waals surface area contributed by atoms with E-state index >= 15 is 0 Å². The number of benzene rings is 3. The minimum Gasteiger partial charge on any atom is -0.382 e. The van der Waals surface area contributed by atoms with Gasteiger partial charge in [-0.15, -0.1) is 0 Å². The van der Waals surface area contributed by atoms with Crippen molar-refractivity contribution >= 4 is 11.6 Å². The molecule has 1 N–H and O–H groups in total. The first-order valence-electron chi connectivity index (χ1n) is 10.1. The summed E-state index contributed by atoms with van der Waals surface area (Å²) in [4.78, 5) is 2.26. The van der Waals surface area contributed by atoms with Crippen molar-refractivity contribution in [2.45, 2.75) is 24.7 Å². The molecular formula is C25H25ClFNO2. The molecule has 0 unspecified atom stereocenters. The van der Waals surface area contributed by atoms with Crippen LogP contribution >= 0.6 is 11.6 Å². The summed E-state index contributed by atoms with van der Waals surface area (Å²) in [5.74, 6) is -0.422. The second-order valence-corrected chi connectivity index (χ2v) is 8.15. The molecule has 1 aliphatic rings. The summed E-state index contributed by atoms with van der Waals surface area (Å²) < 4.78 is 20.6. The molecule has 156 valence electrons. The van der Waals surface area contributed by atoms with E-state index in [1.165, 1.54) is 11.6 Å². The van der Waals surface area contributed by atoms with Gasteiger partial charge in [-0.2, -0.15) is 0 Å². The van der Waals surface area contributed by atoms with Gasteiger partial charge in [0.1, 0.15) is 17.5 Å². The average Bonchev–Trinajstić information content (AvgIpc) is 2.78. The van der Waals surface area contributed by atoms with Gasteiger partial charge in [0.05, 0.1) is 6.61 Å². The quantitative estimate of drug-likeness (QED) is 0.615. The standard InChI is InChI=1S/C25H25ClFNO2/c26-22-12-7-13-23(27)21(22)16-25(29,20-10-5-2-6-11-20)24-18-28(14-15-30-24)17-19-8-3-1-4-9-19/h1-13,24,29H,14-18H2/t24-,25-/m1/s1. The van der Waals surface area contributed by atoms with Crippen molar-refractivity contribution in [3.8, 4) is 0 Å². The summed E-state index contributed by atoms with van der Waals surface area (Å²) in [6, 6.07) is 24.2. The molecule has 0 aliphatic carbocycles. The van der Waals surface area contributed by atoms with Crippen LogP contribution in [-0.2, 0) is 23.3 Å². The van der Waals surface area contributed by atoms with Crippen LogP contribution in [0.2, 0.25) is 5.02 Å². The normalized spacial score (nSPS) is 19.4. The predicted molar refractivity (Wildman–Crippen MR) is 117 cm³/mol. The molecule has 0 saturated carbocycles. The monoisotopic (exact) mass is 425 g/mol. The van der Waals surface area contributed by atoms with Gasteiger partial charge in [0.25, 0.3) is 0 Å². The van der Waals surface area contributed by atoms with Gasteiger partial charge in [-0.05, 0) is 23.3 Å². The van der Waals surface area contributed by atoms with Gasteiger partial charge in [0.15, 0.2) is 0 Å². The summed E-state index contributed by atoms with van der Waals surface area (Å²) >= 11 is 6.30. The maximum atomic E-state index is 14.6.